The summed E-state index contributed by atoms with van der Waals surface area (Å²) in [4.78, 5) is 0. The van der Waals surface area contributed by atoms with Crippen LogP contribution in [0.3, 0.4) is 0 Å². The number of benzene rings is 1. The summed E-state index contributed by atoms with van der Waals surface area (Å²) in [5.74, 6) is 0.560. The number of aryl methyl sites for hydroxylation is 1. The van der Waals surface area contributed by atoms with Crippen LogP contribution >= 0.6 is 0 Å². The average Bonchev–Trinajstić information content (AvgIpc) is 2.89. The van der Waals surface area contributed by atoms with Gasteiger partial charge >= 0.3 is 0 Å². The molecule has 0 amide bonds. The SMILES string of the molecule is Cc1cccc(-n2cc(C3CCNCC3)nn2)c1. The molecule has 0 bridgehead atoms. The van der Waals surface area contributed by atoms with E-state index in [1.54, 1.807) is 0 Å². The third-order valence-electron chi connectivity index (χ3n) is 3.53. The molecule has 1 fully saturated rings. The number of piperidine rings is 1. The van der Waals surface area contributed by atoms with Crippen molar-refractivity contribution in [2.45, 2.75) is 25.7 Å². The lowest BCUT2D eigenvalue weighted by atomic mass is 9.95. The van der Waals surface area contributed by atoms with E-state index < -0.39 is 0 Å². The van der Waals surface area contributed by atoms with Crippen molar-refractivity contribution in [1.29, 1.82) is 0 Å². The molecule has 1 aliphatic heterocycles. The molecule has 2 heterocycles. The van der Waals surface area contributed by atoms with Crippen LogP contribution in [0.15, 0.2) is 30.5 Å². The van der Waals surface area contributed by atoms with Gasteiger partial charge in [-0.15, -0.1) is 5.10 Å². The molecule has 94 valence electrons. The fourth-order valence-corrected chi connectivity index (χ4v) is 2.48. The van der Waals surface area contributed by atoms with E-state index in [4.69, 9.17) is 0 Å². The molecule has 1 aromatic heterocycles. The third kappa shape index (κ3) is 2.29. The molecule has 1 N–H and O–H groups in total. The minimum atomic E-state index is 0.560. The van der Waals surface area contributed by atoms with Crippen molar-refractivity contribution in [3.05, 3.63) is 41.7 Å². The van der Waals surface area contributed by atoms with Crippen LogP contribution in [0.1, 0.15) is 30.0 Å². The van der Waals surface area contributed by atoms with Crippen LogP contribution in [-0.4, -0.2) is 28.1 Å². The number of hydrogen-bond donors (Lipinski definition) is 1. The highest BCUT2D eigenvalue weighted by molar-refractivity contribution is 5.34. The van der Waals surface area contributed by atoms with Crippen molar-refractivity contribution >= 4 is 0 Å². The monoisotopic (exact) mass is 242 g/mol. The fraction of sp³-hybridized carbons (Fsp3) is 0.429. The van der Waals surface area contributed by atoms with E-state index in [1.807, 2.05) is 4.68 Å². The van der Waals surface area contributed by atoms with E-state index in [0.717, 1.165) is 37.3 Å². The first-order chi connectivity index (χ1) is 8.83. The Morgan fingerprint density at radius 1 is 1.28 bits per heavy atom. The first kappa shape index (κ1) is 11.4. The Morgan fingerprint density at radius 3 is 2.89 bits per heavy atom. The molecule has 1 aromatic carbocycles. The summed E-state index contributed by atoms with van der Waals surface area (Å²) in [5, 5.41) is 12.0. The molecule has 0 unspecified atom stereocenters. The van der Waals surface area contributed by atoms with E-state index >= 15 is 0 Å². The molecule has 1 aliphatic rings. The van der Waals surface area contributed by atoms with Crippen molar-refractivity contribution in [3.8, 4) is 5.69 Å². The molecule has 0 aliphatic carbocycles. The molecular formula is C14H18N4. The zero-order chi connectivity index (χ0) is 12.4. The fourth-order valence-electron chi connectivity index (χ4n) is 2.48. The number of nitrogens with one attached hydrogen (secondary N) is 1. The van der Waals surface area contributed by atoms with Gasteiger partial charge < -0.3 is 5.32 Å². The maximum atomic E-state index is 4.33. The molecule has 3 rings (SSSR count). The summed E-state index contributed by atoms with van der Waals surface area (Å²) in [6.45, 7) is 4.26. The second-order valence-corrected chi connectivity index (χ2v) is 4.95. The first-order valence-electron chi connectivity index (χ1n) is 6.53. The second kappa shape index (κ2) is 4.90. The smallest absolute Gasteiger partial charge is 0.0863 e. The Balaban J connectivity index is 1.84. The number of rotatable bonds is 2. The minimum absolute atomic E-state index is 0.560. The van der Waals surface area contributed by atoms with E-state index in [9.17, 15) is 0 Å². The Labute approximate surface area is 107 Å². The summed E-state index contributed by atoms with van der Waals surface area (Å²) in [7, 11) is 0. The Kier molecular flexibility index (Phi) is 3.11. The van der Waals surface area contributed by atoms with Gasteiger partial charge in [0.1, 0.15) is 0 Å². The van der Waals surface area contributed by atoms with Crippen LogP contribution in [-0.2, 0) is 0 Å². The average molecular weight is 242 g/mol. The summed E-state index contributed by atoms with van der Waals surface area (Å²) < 4.78 is 1.88. The highest BCUT2D eigenvalue weighted by atomic mass is 15.4. The lowest BCUT2D eigenvalue weighted by Gasteiger charge is -2.19. The van der Waals surface area contributed by atoms with E-state index in [2.05, 4.69) is 53.0 Å². The van der Waals surface area contributed by atoms with Crippen molar-refractivity contribution in [3.63, 3.8) is 0 Å². The number of aromatic nitrogens is 3. The van der Waals surface area contributed by atoms with Gasteiger partial charge in [0, 0.05) is 5.92 Å². The van der Waals surface area contributed by atoms with Gasteiger partial charge in [-0.1, -0.05) is 17.3 Å². The van der Waals surface area contributed by atoms with E-state index in [0.29, 0.717) is 5.92 Å². The predicted molar refractivity (Wildman–Crippen MR) is 70.9 cm³/mol. The van der Waals surface area contributed by atoms with Gasteiger partial charge in [0.25, 0.3) is 0 Å². The summed E-state index contributed by atoms with van der Waals surface area (Å²) in [5.41, 5.74) is 3.45. The molecule has 0 saturated carbocycles. The number of nitrogens with zero attached hydrogens (tertiary/aromatic N) is 3. The predicted octanol–water partition coefficient (Wildman–Crippen LogP) is 2.04. The molecular weight excluding hydrogens is 224 g/mol. The largest absolute Gasteiger partial charge is 0.317 e. The van der Waals surface area contributed by atoms with Crippen LogP contribution in [0.5, 0.6) is 0 Å². The lowest BCUT2D eigenvalue weighted by Crippen LogP contribution is -2.26. The van der Waals surface area contributed by atoms with Gasteiger partial charge in [0.05, 0.1) is 17.6 Å². The van der Waals surface area contributed by atoms with Crippen LogP contribution < -0.4 is 5.32 Å². The zero-order valence-electron chi connectivity index (χ0n) is 10.6. The van der Waals surface area contributed by atoms with Crippen molar-refractivity contribution in [1.82, 2.24) is 20.3 Å². The van der Waals surface area contributed by atoms with Crippen molar-refractivity contribution in [2.75, 3.05) is 13.1 Å². The maximum Gasteiger partial charge on any atom is 0.0863 e. The van der Waals surface area contributed by atoms with Crippen molar-refractivity contribution in [2.24, 2.45) is 0 Å². The molecule has 18 heavy (non-hydrogen) atoms. The Bertz CT molecular complexity index is 526. The molecule has 4 heteroatoms. The summed E-state index contributed by atoms with van der Waals surface area (Å²) in [6.07, 6.45) is 4.39. The topological polar surface area (TPSA) is 42.7 Å². The summed E-state index contributed by atoms with van der Waals surface area (Å²) in [6, 6.07) is 8.33. The summed E-state index contributed by atoms with van der Waals surface area (Å²) >= 11 is 0. The molecule has 0 radical (unpaired) electrons. The Hall–Kier alpha value is -1.68. The standard InChI is InChI=1S/C14H18N4/c1-11-3-2-4-13(9-11)18-10-14(16-17-18)12-5-7-15-8-6-12/h2-4,9-10,12,15H,5-8H2,1H3. The van der Waals surface area contributed by atoms with Crippen LogP contribution in [0.25, 0.3) is 5.69 Å². The molecule has 4 nitrogen and oxygen atoms in total. The second-order valence-electron chi connectivity index (χ2n) is 4.95. The molecule has 0 spiro atoms. The Morgan fingerprint density at radius 2 is 2.11 bits per heavy atom. The third-order valence-corrected chi connectivity index (χ3v) is 3.53. The van der Waals surface area contributed by atoms with Gasteiger partial charge in [-0.3, -0.25) is 0 Å². The van der Waals surface area contributed by atoms with Crippen LogP contribution in [0.4, 0.5) is 0 Å². The van der Waals surface area contributed by atoms with Crippen LogP contribution in [0, 0.1) is 6.92 Å². The highest BCUT2D eigenvalue weighted by Gasteiger charge is 2.18. The maximum absolute atomic E-state index is 4.33. The normalized spacial score (nSPS) is 16.9. The highest BCUT2D eigenvalue weighted by Crippen LogP contribution is 2.23. The van der Waals surface area contributed by atoms with Crippen molar-refractivity contribution < 1.29 is 0 Å². The number of hydrogen-bond acceptors (Lipinski definition) is 3. The first-order valence-corrected chi connectivity index (χ1v) is 6.53. The molecule has 2 aromatic rings. The zero-order valence-corrected chi connectivity index (χ0v) is 10.6. The van der Waals surface area contributed by atoms with Gasteiger partial charge in [-0.05, 0) is 50.6 Å². The molecule has 0 atom stereocenters. The molecule has 1 saturated heterocycles. The van der Waals surface area contributed by atoms with E-state index in [1.165, 1.54) is 5.56 Å². The van der Waals surface area contributed by atoms with Crippen LogP contribution in [0.2, 0.25) is 0 Å². The minimum Gasteiger partial charge on any atom is -0.317 e. The van der Waals surface area contributed by atoms with Gasteiger partial charge in [0.15, 0.2) is 0 Å². The van der Waals surface area contributed by atoms with Gasteiger partial charge in [-0.25, -0.2) is 4.68 Å². The van der Waals surface area contributed by atoms with E-state index in [-0.39, 0.29) is 0 Å². The quantitative estimate of drug-likeness (QED) is 0.876. The van der Waals surface area contributed by atoms with Gasteiger partial charge in [-0.2, -0.15) is 0 Å². The van der Waals surface area contributed by atoms with Gasteiger partial charge in [0.2, 0.25) is 0 Å². The lowest BCUT2D eigenvalue weighted by molar-refractivity contribution is 0.453.